The van der Waals surface area contributed by atoms with Crippen LogP contribution in [0.4, 0.5) is 5.13 Å². The minimum absolute atomic E-state index is 0.166. The molecule has 4 aromatic rings. The third-order valence-corrected chi connectivity index (χ3v) is 6.68. The Morgan fingerprint density at radius 3 is 2.74 bits per heavy atom. The van der Waals surface area contributed by atoms with E-state index in [1.165, 1.54) is 23.1 Å². The maximum atomic E-state index is 12.5. The monoisotopic (exact) mass is 511 g/mol. The van der Waals surface area contributed by atoms with Crippen molar-refractivity contribution in [3.05, 3.63) is 83.5 Å². The summed E-state index contributed by atoms with van der Waals surface area (Å²) in [7, 11) is 0. The van der Waals surface area contributed by atoms with Crippen molar-refractivity contribution in [2.45, 2.75) is 24.7 Å². The third kappa shape index (κ3) is 6.05. The highest BCUT2D eigenvalue weighted by Crippen LogP contribution is 2.27. The number of nitrogens with one attached hydrogen (secondary N) is 1. The lowest BCUT2D eigenvalue weighted by atomic mass is 10.2. The van der Waals surface area contributed by atoms with E-state index in [-0.39, 0.29) is 17.8 Å². The van der Waals surface area contributed by atoms with Crippen molar-refractivity contribution in [2.75, 3.05) is 11.1 Å². The number of carbonyl (C=O) groups is 1. The van der Waals surface area contributed by atoms with E-state index in [0.717, 1.165) is 17.0 Å². The summed E-state index contributed by atoms with van der Waals surface area (Å²) in [6.07, 6.45) is 1.44. The zero-order valence-electron chi connectivity index (χ0n) is 18.3. The largest absolute Gasteiger partial charge is 0.483 e. The Balaban J connectivity index is 1.38. The number of carbonyl (C=O) groups excluding carboxylic acids is 1. The standard InChI is InChI=1S/C24H22ClN5O2S2/c1-3-13-30-22(16(2)32-19-7-5-4-6-8-19)28-29-24(30)34-15-21(31)27-23-26-20(14-33-23)17-9-11-18(25)12-10-17/h3-12,14,16H,1,13,15H2,2H3,(H,26,27,31). The molecule has 0 fully saturated rings. The summed E-state index contributed by atoms with van der Waals surface area (Å²) < 4.78 is 7.89. The van der Waals surface area contributed by atoms with Gasteiger partial charge >= 0.3 is 0 Å². The zero-order chi connectivity index (χ0) is 23.9. The van der Waals surface area contributed by atoms with Gasteiger partial charge in [0, 0.05) is 22.5 Å². The van der Waals surface area contributed by atoms with Gasteiger partial charge in [0.2, 0.25) is 5.91 Å². The fourth-order valence-corrected chi connectivity index (χ4v) is 4.75. The molecule has 1 atom stereocenters. The van der Waals surface area contributed by atoms with E-state index in [1.807, 2.05) is 71.5 Å². The molecule has 0 aliphatic rings. The summed E-state index contributed by atoms with van der Waals surface area (Å²) in [5, 5.41) is 15.1. The summed E-state index contributed by atoms with van der Waals surface area (Å²) >= 11 is 8.61. The second-order valence-corrected chi connectivity index (χ2v) is 9.43. The number of amides is 1. The molecular formula is C24H22ClN5O2S2. The quantitative estimate of drug-likeness (QED) is 0.204. The molecule has 2 aromatic heterocycles. The van der Waals surface area contributed by atoms with Gasteiger partial charge in [-0.05, 0) is 31.2 Å². The number of thioether (sulfide) groups is 1. The average Bonchev–Trinajstić information content (AvgIpc) is 3.46. The van der Waals surface area contributed by atoms with Crippen LogP contribution in [-0.4, -0.2) is 31.4 Å². The van der Waals surface area contributed by atoms with E-state index in [1.54, 1.807) is 6.08 Å². The van der Waals surface area contributed by atoms with E-state index in [2.05, 4.69) is 27.1 Å². The number of thiazole rings is 1. The summed E-state index contributed by atoms with van der Waals surface area (Å²) in [5.74, 6) is 1.40. The van der Waals surface area contributed by atoms with E-state index in [4.69, 9.17) is 16.3 Å². The van der Waals surface area contributed by atoms with Gasteiger partial charge in [-0.1, -0.05) is 59.8 Å². The molecule has 0 radical (unpaired) electrons. The molecule has 2 aromatic carbocycles. The molecule has 0 spiro atoms. The highest BCUT2D eigenvalue weighted by Gasteiger charge is 2.20. The first-order valence-electron chi connectivity index (χ1n) is 10.4. The number of aromatic nitrogens is 4. The maximum absolute atomic E-state index is 12.5. The first-order chi connectivity index (χ1) is 16.5. The maximum Gasteiger partial charge on any atom is 0.236 e. The van der Waals surface area contributed by atoms with Crippen LogP contribution >= 0.6 is 34.7 Å². The number of halogens is 1. The van der Waals surface area contributed by atoms with E-state index in [0.29, 0.717) is 27.7 Å². The smallest absolute Gasteiger partial charge is 0.236 e. The Hall–Kier alpha value is -3.14. The van der Waals surface area contributed by atoms with Gasteiger partial charge in [-0.25, -0.2) is 4.98 Å². The lowest BCUT2D eigenvalue weighted by Gasteiger charge is -2.15. The average molecular weight is 512 g/mol. The van der Waals surface area contributed by atoms with Gasteiger partial charge in [-0.2, -0.15) is 0 Å². The minimum Gasteiger partial charge on any atom is -0.483 e. The van der Waals surface area contributed by atoms with Crippen LogP contribution in [0.3, 0.4) is 0 Å². The van der Waals surface area contributed by atoms with Gasteiger partial charge in [-0.3, -0.25) is 9.36 Å². The van der Waals surface area contributed by atoms with Crippen molar-refractivity contribution in [3.63, 3.8) is 0 Å². The highest BCUT2D eigenvalue weighted by atomic mass is 35.5. The zero-order valence-corrected chi connectivity index (χ0v) is 20.7. The molecule has 10 heteroatoms. The van der Waals surface area contributed by atoms with Crippen molar-refractivity contribution in [3.8, 4) is 17.0 Å². The SMILES string of the molecule is C=CCn1c(SCC(=O)Nc2nc(-c3ccc(Cl)cc3)cs2)nnc1C(C)Oc1ccccc1. The van der Waals surface area contributed by atoms with Crippen LogP contribution in [0.2, 0.25) is 5.02 Å². The van der Waals surface area contributed by atoms with Gasteiger partial charge in [0.1, 0.15) is 5.75 Å². The summed E-state index contributed by atoms with van der Waals surface area (Å²) in [6, 6.07) is 16.9. The molecule has 1 N–H and O–H groups in total. The van der Waals surface area contributed by atoms with E-state index < -0.39 is 0 Å². The Morgan fingerprint density at radius 2 is 2.00 bits per heavy atom. The van der Waals surface area contributed by atoms with E-state index in [9.17, 15) is 4.79 Å². The molecule has 174 valence electrons. The van der Waals surface area contributed by atoms with Crippen LogP contribution < -0.4 is 10.1 Å². The molecule has 0 saturated carbocycles. The normalized spacial score (nSPS) is 11.7. The lowest BCUT2D eigenvalue weighted by molar-refractivity contribution is -0.113. The minimum atomic E-state index is -0.320. The van der Waals surface area contributed by atoms with Crippen LogP contribution in [0.15, 0.2) is 77.8 Å². The molecule has 1 amide bonds. The number of allylic oxidation sites excluding steroid dienone is 1. The predicted octanol–water partition coefficient (Wildman–Crippen LogP) is 6.11. The van der Waals surface area contributed by atoms with Crippen molar-refractivity contribution in [1.29, 1.82) is 0 Å². The highest BCUT2D eigenvalue weighted by molar-refractivity contribution is 7.99. The lowest BCUT2D eigenvalue weighted by Crippen LogP contribution is -2.15. The van der Waals surface area contributed by atoms with Crippen LogP contribution in [0.25, 0.3) is 11.3 Å². The molecule has 1 unspecified atom stereocenters. The Labute approximate surface area is 210 Å². The molecule has 2 heterocycles. The second kappa shape index (κ2) is 11.3. The van der Waals surface area contributed by atoms with Crippen molar-refractivity contribution >= 4 is 45.7 Å². The number of benzene rings is 2. The Morgan fingerprint density at radius 1 is 1.24 bits per heavy atom. The number of hydrogen-bond donors (Lipinski definition) is 1. The fraction of sp³-hybridized carbons (Fsp3) is 0.167. The molecule has 0 aliphatic heterocycles. The Kier molecular flexibility index (Phi) is 7.99. The molecule has 34 heavy (non-hydrogen) atoms. The van der Waals surface area contributed by atoms with Gasteiger partial charge in [0.15, 0.2) is 22.2 Å². The van der Waals surface area contributed by atoms with Crippen LogP contribution in [0, 0.1) is 0 Å². The summed E-state index contributed by atoms with van der Waals surface area (Å²) in [4.78, 5) is 17.0. The molecule has 0 aliphatic carbocycles. The van der Waals surface area contributed by atoms with Crippen LogP contribution in [0.5, 0.6) is 5.75 Å². The molecule has 7 nitrogen and oxygen atoms in total. The van der Waals surface area contributed by atoms with Gasteiger partial charge in [0.05, 0.1) is 11.4 Å². The number of ether oxygens (including phenoxy) is 1. The van der Waals surface area contributed by atoms with Gasteiger partial charge < -0.3 is 10.1 Å². The fourth-order valence-electron chi connectivity index (χ4n) is 3.13. The molecule has 0 saturated heterocycles. The summed E-state index contributed by atoms with van der Waals surface area (Å²) in [5.41, 5.74) is 1.72. The van der Waals surface area contributed by atoms with Gasteiger partial charge in [0.25, 0.3) is 0 Å². The molecule has 0 bridgehead atoms. The first kappa shape index (κ1) is 24.0. The number of rotatable bonds is 10. The van der Waals surface area contributed by atoms with Gasteiger partial charge in [-0.15, -0.1) is 28.1 Å². The topological polar surface area (TPSA) is 81.9 Å². The van der Waals surface area contributed by atoms with Crippen LogP contribution in [0.1, 0.15) is 18.9 Å². The number of anilines is 1. The first-order valence-corrected chi connectivity index (χ1v) is 12.7. The third-order valence-electron chi connectivity index (χ3n) is 4.70. The summed E-state index contributed by atoms with van der Waals surface area (Å²) in [6.45, 7) is 6.25. The second-order valence-electron chi connectivity index (χ2n) is 7.19. The van der Waals surface area contributed by atoms with Crippen molar-refractivity contribution < 1.29 is 9.53 Å². The Bertz CT molecular complexity index is 1260. The van der Waals surface area contributed by atoms with Crippen molar-refractivity contribution in [2.24, 2.45) is 0 Å². The molecule has 4 rings (SSSR count). The molecular weight excluding hydrogens is 490 g/mol. The number of hydrogen-bond acceptors (Lipinski definition) is 7. The van der Waals surface area contributed by atoms with E-state index >= 15 is 0 Å². The van der Waals surface area contributed by atoms with Crippen LogP contribution in [-0.2, 0) is 11.3 Å². The predicted molar refractivity (Wildman–Crippen MR) is 138 cm³/mol. The van der Waals surface area contributed by atoms with Crippen molar-refractivity contribution in [1.82, 2.24) is 19.7 Å². The number of nitrogens with zero attached hydrogens (tertiary/aromatic N) is 4. The number of para-hydroxylation sites is 1.